The number of carbonyl (C=O) groups is 1. The predicted molar refractivity (Wildman–Crippen MR) is 172 cm³/mol. The van der Waals surface area contributed by atoms with Gasteiger partial charge in [0.25, 0.3) is 5.91 Å². The summed E-state index contributed by atoms with van der Waals surface area (Å²) in [7, 11) is 3.32. The van der Waals surface area contributed by atoms with Crippen molar-refractivity contribution in [1.82, 2.24) is 14.9 Å². The molecular formula is C36H36N4O4. The fraction of sp³-hybridized carbons (Fsp3) is 0.250. The van der Waals surface area contributed by atoms with E-state index in [0.29, 0.717) is 56.3 Å². The summed E-state index contributed by atoms with van der Waals surface area (Å²) in [5, 5.41) is 0.893. The number of fused-ring (bicyclic) bond motifs is 1. The molecule has 0 bridgehead atoms. The maximum Gasteiger partial charge on any atom is 0.253 e. The molecule has 6 rings (SSSR count). The molecule has 1 aliphatic rings. The number of aryl methyl sites for hydroxylation is 2. The Morgan fingerprint density at radius 1 is 0.727 bits per heavy atom. The number of hydrogen-bond acceptors (Lipinski definition) is 7. The van der Waals surface area contributed by atoms with Gasteiger partial charge in [0.1, 0.15) is 24.0 Å². The summed E-state index contributed by atoms with van der Waals surface area (Å²) in [6.45, 7) is 2.96. The van der Waals surface area contributed by atoms with E-state index in [2.05, 4.69) is 17.0 Å². The van der Waals surface area contributed by atoms with Crippen molar-refractivity contribution in [2.45, 2.75) is 19.4 Å². The first kappa shape index (κ1) is 29.0. The van der Waals surface area contributed by atoms with Crippen molar-refractivity contribution in [3.05, 3.63) is 120 Å². The number of piperazine rings is 1. The normalized spacial score (nSPS) is 13.1. The van der Waals surface area contributed by atoms with Crippen LogP contribution in [0.25, 0.3) is 10.9 Å². The lowest BCUT2D eigenvalue weighted by atomic mass is 10.1. The molecule has 1 aromatic heterocycles. The van der Waals surface area contributed by atoms with E-state index in [0.717, 1.165) is 40.3 Å². The number of nitrogens with zero attached hydrogens (tertiary/aromatic N) is 4. The van der Waals surface area contributed by atoms with Crippen molar-refractivity contribution in [3.63, 3.8) is 0 Å². The van der Waals surface area contributed by atoms with Crippen LogP contribution in [-0.4, -0.2) is 61.2 Å². The van der Waals surface area contributed by atoms with Gasteiger partial charge in [-0.25, -0.2) is 9.97 Å². The topological polar surface area (TPSA) is 77.0 Å². The van der Waals surface area contributed by atoms with Crippen LogP contribution >= 0.6 is 0 Å². The number of ether oxygens (including phenoxy) is 3. The molecule has 2 heterocycles. The first-order valence-corrected chi connectivity index (χ1v) is 14.9. The van der Waals surface area contributed by atoms with Crippen LogP contribution < -0.4 is 19.1 Å². The summed E-state index contributed by atoms with van der Waals surface area (Å²) in [6.07, 6.45) is 1.47. The number of benzene rings is 4. The van der Waals surface area contributed by atoms with Crippen molar-refractivity contribution in [1.29, 1.82) is 0 Å². The van der Waals surface area contributed by atoms with Crippen LogP contribution in [0, 0.1) is 0 Å². The zero-order valence-corrected chi connectivity index (χ0v) is 25.1. The largest absolute Gasteiger partial charge is 0.497 e. The molecule has 0 N–H and O–H groups in total. The van der Waals surface area contributed by atoms with Gasteiger partial charge >= 0.3 is 0 Å². The molecule has 0 atom stereocenters. The van der Waals surface area contributed by atoms with E-state index < -0.39 is 0 Å². The van der Waals surface area contributed by atoms with Crippen molar-refractivity contribution in [2.75, 3.05) is 45.3 Å². The van der Waals surface area contributed by atoms with Gasteiger partial charge in [-0.2, -0.15) is 0 Å². The summed E-state index contributed by atoms with van der Waals surface area (Å²) in [6, 6.07) is 31.5. The van der Waals surface area contributed by atoms with Crippen LogP contribution in [0.15, 0.2) is 97.1 Å². The van der Waals surface area contributed by atoms with E-state index >= 15 is 0 Å². The molecule has 0 unspecified atom stereocenters. The lowest BCUT2D eigenvalue weighted by Crippen LogP contribution is -2.49. The number of rotatable bonds is 10. The van der Waals surface area contributed by atoms with Gasteiger partial charge in [0.2, 0.25) is 0 Å². The first-order valence-electron chi connectivity index (χ1n) is 14.9. The molecule has 1 fully saturated rings. The molecule has 4 aromatic carbocycles. The Bertz CT molecular complexity index is 1700. The summed E-state index contributed by atoms with van der Waals surface area (Å²) >= 11 is 0. The van der Waals surface area contributed by atoms with Crippen molar-refractivity contribution >= 4 is 22.6 Å². The van der Waals surface area contributed by atoms with Crippen LogP contribution in [0.5, 0.6) is 17.2 Å². The molecule has 8 heteroatoms. The molecule has 44 heavy (non-hydrogen) atoms. The average Bonchev–Trinajstić information content (AvgIpc) is 3.09. The third-order valence-corrected chi connectivity index (χ3v) is 7.93. The fourth-order valence-corrected chi connectivity index (χ4v) is 5.46. The summed E-state index contributed by atoms with van der Waals surface area (Å²) in [5.41, 5.74) is 3.76. The highest BCUT2D eigenvalue weighted by Crippen LogP contribution is 2.36. The monoisotopic (exact) mass is 588 g/mol. The van der Waals surface area contributed by atoms with Gasteiger partial charge in [-0.3, -0.25) is 4.79 Å². The van der Waals surface area contributed by atoms with Crippen LogP contribution in [0.2, 0.25) is 0 Å². The van der Waals surface area contributed by atoms with E-state index in [1.54, 1.807) is 14.2 Å². The van der Waals surface area contributed by atoms with E-state index in [4.69, 9.17) is 24.2 Å². The Labute approximate surface area is 257 Å². The van der Waals surface area contributed by atoms with E-state index in [1.807, 2.05) is 89.8 Å². The molecule has 224 valence electrons. The van der Waals surface area contributed by atoms with E-state index in [1.165, 1.54) is 5.56 Å². The quantitative estimate of drug-likeness (QED) is 0.199. The van der Waals surface area contributed by atoms with Gasteiger partial charge in [0.15, 0.2) is 11.5 Å². The van der Waals surface area contributed by atoms with Gasteiger partial charge in [-0.15, -0.1) is 0 Å². The molecule has 1 saturated heterocycles. The lowest BCUT2D eigenvalue weighted by Gasteiger charge is -2.36. The van der Waals surface area contributed by atoms with Gasteiger partial charge in [0.05, 0.1) is 19.7 Å². The highest BCUT2D eigenvalue weighted by atomic mass is 16.5. The van der Waals surface area contributed by atoms with Crippen molar-refractivity contribution in [3.8, 4) is 17.2 Å². The maximum absolute atomic E-state index is 13.1. The second-order valence-corrected chi connectivity index (χ2v) is 10.8. The smallest absolute Gasteiger partial charge is 0.253 e. The Morgan fingerprint density at radius 2 is 1.43 bits per heavy atom. The Kier molecular flexibility index (Phi) is 8.87. The van der Waals surface area contributed by atoms with Gasteiger partial charge in [-0.05, 0) is 47.9 Å². The molecular weight excluding hydrogens is 552 g/mol. The van der Waals surface area contributed by atoms with Crippen LogP contribution in [0.1, 0.15) is 27.3 Å². The van der Waals surface area contributed by atoms with Crippen LogP contribution in [0.3, 0.4) is 0 Å². The Morgan fingerprint density at radius 3 is 2.11 bits per heavy atom. The minimum absolute atomic E-state index is 0.0554. The Balaban J connectivity index is 1.29. The molecule has 1 aliphatic heterocycles. The predicted octanol–water partition coefficient (Wildman–Crippen LogP) is 5.97. The fourth-order valence-electron chi connectivity index (χ4n) is 5.46. The minimum Gasteiger partial charge on any atom is -0.497 e. The average molecular weight is 589 g/mol. The van der Waals surface area contributed by atoms with Crippen molar-refractivity contribution < 1.29 is 19.0 Å². The molecule has 0 spiro atoms. The molecule has 8 nitrogen and oxygen atoms in total. The van der Waals surface area contributed by atoms with E-state index in [9.17, 15) is 4.79 Å². The number of anilines is 1. The number of aromatic nitrogens is 2. The van der Waals surface area contributed by atoms with Crippen LogP contribution in [0.4, 0.5) is 5.82 Å². The third kappa shape index (κ3) is 6.59. The molecule has 1 amide bonds. The Hall–Kier alpha value is -5.11. The second kappa shape index (κ2) is 13.5. The maximum atomic E-state index is 13.1. The second-order valence-electron chi connectivity index (χ2n) is 10.8. The van der Waals surface area contributed by atoms with E-state index in [-0.39, 0.29) is 5.91 Å². The van der Waals surface area contributed by atoms with Crippen LogP contribution in [-0.2, 0) is 19.4 Å². The summed E-state index contributed by atoms with van der Waals surface area (Å²) < 4.78 is 17.3. The molecule has 0 radical (unpaired) electrons. The van der Waals surface area contributed by atoms with Gasteiger partial charge < -0.3 is 24.0 Å². The van der Waals surface area contributed by atoms with Gasteiger partial charge in [-0.1, -0.05) is 60.7 Å². The number of amides is 1. The molecule has 5 aromatic rings. The third-order valence-electron chi connectivity index (χ3n) is 7.93. The molecule has 0 saturated carbocycles. The zero-order valence-electron chi connectivity index (χ0n) is 25.1. The highest BCUT2D eigenvalue weighted by Gasteiger charge is 2.25. The van der Waals surface area contributed by atoms with Gasteiger partial charge in [0, 0.05) is 49.6 Å². The summed E-state index contributed by atoms with van der Waals surface area (Å²) in [5.74, 6) is 3.75. The zero-order chi connectivity index (χ0) is 30.3. The number of methoxy groups -OCH3 is 2. The number of carbonyl (C=O) groups excluding carboxylic acids is 1. The SMILES string of the molecule is COc1ccc(CCc2nc(N3CCN(C(=O)c4ccccc4)CC3)c3cc(OC)c(OCc4ccccc4)cc3n2)cc1. The lowest BCUT2D eigenvalue weighted by molar-refractivity contribution is 0.0746. The van der Waals surface area contributed by atoms with Crippen molar-refractivity contribution in [2.24, 2.45) is 0 Å². The minimum atomic E-state index is 0.0554. The molecule has 0 aliphatic carbocycles. The number of hydrogen-bond donors (Lipinski definition) is 0. The highest BCUT2D eigenvalue weighted by molar-refractivity contribution is 5.95. The standard InChI is InChI=1S/C36H36N4O4/c1-42-29-16-13-26(14-17-29)15-18-34-37-31-24-33(44-25-27-9-5-3-6-10-27)32(43-2)23-30(31)35(38-34)39-19-21-40(22-20-39)36(41)28-11-7-4-8-12-28/h3-14,16-17,23-24H,15,18-22,25H2,1-2H3. The summed E-state index contributed by atoms with van der Waals surface area (Å²) in [4.78, 5) is 27.3. The first-order chi connectivity index (χ1) is 21.6.